The highest BCUT2D eigenvalue weighted by molar-refractivity contribution is 4.90. The van der Waals surface area contributed by atoms with E-state index in [1.165, 1.54) is 25.7 Å². The predicted molar refractivity (Wildman–Crippen MR) is 58.9 cm³/mol. The molecule has 4 nitrogen and oxygen atoms in total. The fraction of sp³-hybridized carbons (Fsp3) is 1.00. The first-order chi connectivity index (χ1) is 7.92. The van der Waals surface area contributed by atoms with Crippen LogP contribution in [0, 0.1) is 0 Å². The van der Waals surface area contributed by atoms with Crippen molar-refractivity contribution in [1.29, 1.82) is 0 Å². The molecule has 0 saturated carbocycles. The summed E-state index contributed by atoms with van der Waals surface area (Å²) in [4.78, 5) is 0. The van der Waals surface area contributed by atoms with Crippen LogP contribution in [0.15, 0.2) is 0 Å². The van der Waals surface area contributed by atoms with E-state index in [-0.39, 0.29) is 18.7 Å². The van der Waals surface area contributed by atoms with Crippen LogP contribution in [0.1, 0.15) is 44.9 Å². The van der Waals surface area contributed by atoms with Crippen molar-refractivity contribution in [2.24, 2.45) is 0 Å². The van der Waals surface area contributed by atoms with Crippen molar-refractivity contribution in [1.82, 2.24) is 0 Å². The van der Waals surface area contributed by atoms with Gasteiger partial charge in [0, 0.05) is 13.2 Å². The number of hydrogen-bond acceptors (Lipinski definition) is 4. The van der Waals surface area contributed by atoms with Crippen molar-refractivity contribution in [3.05, 3.63) is 0 Å². The Kier molecular flexibility index (Phi) is 5.03. The summed E-state index contributed by atoms with van der Waals surface area (Å²) >= 11 is 0. The Balaban J connectivity index is 1.28. The minimum absolute atomic E-state index is 0.0662. The van der Waals surface area contributed by atoms with Crippen LogP contribution in [0.2, 0.25) is 0 Å². The zero-order valence-corrected chi connectivity index (χ0v) is 9.77. The average molecular weight is 230 g/mol. The number of aliphatic hydroxyl groups is 1. The van der Waals surface area contributed by atoms with Crippen LogP contribution in [-0.2, 0) is 14.2 Å². The standard InChI is InChI=1S/C12H22O4/c13-8-6-4-2-1-3-5-7-9-14-11-10-12(15-10)16-11/h10-13H,1-9H2. The third-order valence-corrected chi connectivity index (χ3v) is 3.10. The highest BCUT2D eigenvalue weighted by Crippen LogP contribution is 2.40. The molecular weight excluding hydrogens is 208 g/mol. The highest BCUT2D eigenvalue weighted by atomic mass is 16.9. The van der Waals surface area contributed by atoms with Gasteiger partial charge in [-0.25, -0.2) is 0 Å². The fourth-order valence-corrected chi connectivity index (χ4v) is 1.96. The van der Waals surface area contributed by atoms with Crippen LogP contribution in [0.4, 0.5) is 0 Å². The lowest BCUT2D eigenvalue weighted by Gasteiger charge is -2.20. The van der Waals surface area contributed by atoms with E-state index in [1.807, 2.05) is 0 Å². The molecule has 3 atom stereocenters. The Morgan fingerprint density at radius 1 is 0.875 bits per heavy atom. The molecule has 2 aliphatic rings. The summed E-state index contributed by atoms with van der Waals surface area (Å²) in [5.74, 6) is 0. The molecule has 2 rings (SSSR count). The summed E-state index contributed by atoms with van der Waals surface area (Å²) in [6.07, 6.45) is 8.46. The molecule has 0 aromatic carbocycles. The van der Waals surface area contributed by atoms with Gasteiger partial charge in [0.25, 0.3) is 0 Å². The molecule has 94 valence electrons. The molecule has 16 heavy (non-hydrogen) atoms. The van der Waals surface area contributed by atoms with Crippen molar-refractivity contribution in [2.45, 2.75) is 63.6 Å². The first-order valence-corrected chi connectivity index (χ1v) is 6.45. The van der Waals surface area contributed by atoms with E-state index in [1.54, 1.807) is 0 Å². The molecule has 1 N–H and O–H groups in total. The second kappa shape index (κ2) is 6.55. The summed E-state index contributed by atoms with van der Waals surface area (Å²) in [5.41, 5.74) is 0. The van der Waals surface area contributed by atoms with Gasteiger partial charge in [0.2, 0.25) is 0 Å². The Morgan fingerprint density at radius 3 is 2.12 bits per heavy atom. The van der Waals surface area contributed by atoms with E-state index in [4.69, 9.17) is 19.3 Å². The molecule has 0 aromatic heterocycles. The van der Waals surface area contributed by atoms with E-state index in [9.17, 15) is 0 Å². The smallest absolute Gasteiger partial charge is 0.192 e. The minimum Gasteiger partial charge on any atom is -0.396 e. The van der Waals surface area contributed by atoms with E-state index < -0.39 is 0 Å². The van der Waals surface area contributed by atoms with Gasteiger partial charge >= 0.3 is 0 Å². The topological polar surface area (TPSA) is 51.2 Å². The van der Waals surface area contributed by atoms with Gasteiger partial charge in [-0.05, 0) is 12.8 Å². The van der Waals surface area contributed by atoms with Crippen LogP contribution >= 0.6 is 0 Å². The molecule has 3 unspecified atom stereocenters. The molecule has 0 bridgehead atoms. The Hall–Kier alpha value is -0.160. The highest BCUT2D eigenvalue weighted by Gasteiger charge is 2.59. The normalized spacial score (nSPS) is 30.9. The second-order valence-electron chi connectivity index (χ2n) is 4.54. The first kappa shape index (κ1) is 12.3. The van der Waals surface area contributed by atoms with Crippen LogP contribution < -0.4 is 0 Å². The zero-order valence-electron chi connectivity index (χ0n) is 9.77. The summed E-state index contributed by atoms with van der Waals surface area (Å²) in [6.45, 7) is 1.12. The first-order valence-electron chi connectivity index (χ1n) is 6.45. The lowest BCUT2D eigenvalue weighted by atomic mass is 10.1. The van der Waals surface area contributed by atoms with Gasteiger partial charge in [-0.2, -0.15) is 0 Å². The van der Waals surface area contributed by atoms with E-state index in [0.717, 1.165) is 25.9 Å². The summed E-state index contributed by atoms with van der Waals surface area (Å²) in [7, 11) is 0. The van der Waals surface area contributed by atoms with Crippen molar-refractivity contribution in [2.75, 3.05) is 13.2 Å². The molecule has 4 heteroatoms. The maximum atomic E-state index is 8.61. The number of aliphatic hydroxyl groups excluding tert-OH is 1. The van der Waals surface area contributed by atoms with Crippen LogP contribution in [0.25, 0.3) is 0 Å². The van der Waals surface area contributed by atoms with Crippen molar-refractivity contribution < 1.29 is 19.3 Å². The molecule has 0 radical (unpaired) electrons. The molecule has 0 aliphatic carbocycles. The summed E-state index contributed by atoms with van der Waals surface area (Å²) < 4.78 is 15.8. The van der Waals surface area contributed by atoms with Crippen LogP contribution in [-0.4, -0.2) is 37.0 Å². The lowest BCUT2D eigenvalue weighted by Crippen LogP contribution is -2.36. The summed E-state index contributed by atoms with van der Waals surface area (Å²) in [6, 6.07) is 0. The number of rotatable bonds is 10. The average Bonchev–Trinajstić information content (AvgIpc) is 2.92. The summed E-state index contributed by atoms with van der Waals surface area (Å²) in [5, 5.41) is 8.61. The van der Waals surface area contributed by atoms with Crippen molar-refractivity contribution in [3.8, 4) is 0 Å². The number of fused-ring (bicyclic) bond motifs is 1. The van der Waals surface area contributed by atoms with Crippen LogP contribution in [0.3, 0.4) is 0 Å². The number of unbranched alkanes of at least 4 members (excludes halogenated alkanes) is 6. The maximum absolute atomic E-state index is 8.61. The quantitative estimate of drug-likeness (QED) is 0.459. The molecule has 2 aliphatic heterocycles. The second-order valence-corrected chi connectivity index (χ2v) is 4.54. The van der Waals surface area contributed by atoms with Gasteiger partial charge in [-0.3, -0.25) is 0 Å². The minimum atomic E-state index is -0.0745. The van der Waals surface area contributed by atoms with Gasteiger partial charge in [0.15, 0.2) is 18.7 Å². The SMILES string of the molecule is OCCCCCCCCCOC1OC2OC12. The van der Waals surface area contributed by atoms with Gasteiger partial charge in [0.05, 0.1) is 0 Å². The molecule has 0 spiro atoms. The lowest BCUT2D eigenvalue weighted by molar-refractivity contribution is -0.202. The predicted octanol–water partition coefficient (Wildman–Crippen LogP) is 1.81. The van der Waals surface area contributed by atoms with Gasteiger partial charge in [-0.1, -0.05) is 32.1 Å². The molecule has 2 fully saturated rings. The van der Waals surface area contributed by atoms with E-state index in [0.29, 0.717) is 6.61 Å². The van der Waals surface area contributed by atoms with Crippen molar-refractivity contribution in [3.63, 3.8) is 0 Å². The molecular formula is C12H22O4. The third kappa shape index (κ3) is 3.70. The Labute approximate surface area is 96.9 Å². The van der Waals surface area contributed by atoms with Crippen LogP contribution in [0.5, 0.6) is 0 Å². The monoisotopic (exact) mass is 230 g/mol. The van der Waals surface area contributed by atoms with Crippen molar-refractivity contribution >= 4 is 0 Å². The van der Waals surface area contributed by atoms with Gasteiger partial charge in [0.1, 0.15) is 0 Å². The van der Waals surface area contributed by atoms with Gasteiger partial charge < -0.3 is 19.3 Å². The zero-order chi connectivity index (χ0) is 11.2. The Morgan fingerprint density at radius 2 is 1.56 bits per heavy atom. The Bertz CT molecular complexity index is 197. The third-order valence-electron chi connectivity index (χ3n) is 3.10. The fourth-order valence-electron chi connectivity index (χ4n) is 1.96. The van der Waals surface area contributed by atoms with E-state index in [2.05, 4.69) is 0 Å². The van der Waals surface area contributed by atoms with Gasteiger partial charge in [-0.15, -0.1) is 0 Å². The largest absolute Gasteiger partial charge is 0.396 e. The molecule has 2 saturated heterocycles. The number of epoxide rings is 1. The molecule has 2 heterocycles. The van der Waals surface area contributed by atoms with E-state index >= 15 is 0 Å². The molecule has 0 aromatic rings. The molecule has 0 amide bonds. The maximum Gasteiger partial charge on any atom is 0.192 e. The number of hydrogen-bond donors (Lipinski definition) is 1. The number of ether oxygens (including phenoxy) is 3.